The van der Waals surface area contributed by atoms with Crippen molar-refractivity contribution < 1.29 is 14.2 Å². The van der Waals surface area contributed by atoms with Crippen molar-refractivity contribution in [2.24, 2.45) is 5.10 Å². The van der Waals surface area contributed by atoms with Gasteiger partial charge in [-0.3, -0.25) is 5.43 Å². The van der Waals surface area contributed by atoms with E-state index in [1.807, 2.05) is 25.1 Å². The molecule has 2 N–H and O–H groups in total. The summed E-state index contributed by atoms with van der Waals surface area (Å²) in [6.45, 7) is 4.18. The summed E-state index contributed by atoms with van der Waals surface area (Å²) in [7, 11) is 3.20. The summed E-state index contributed by atoms with van der Waals surface area (Å²) < 4.78 is 15.7. The molecule has 0 heterocycles. The van der Waals surface area contributed by atoms with Gasteiger partial charge in [0.2, 0.25) is 0 Å². The van der Waals surface area contributed by atoms with Crippen molar-refractivity contribution in [2.75, 3.05) is 34.0 Å². The van der Waals surface area contributed by atoms with Gasteiger partial charge in [-0.1, -0.05) is 0 Å². The molecule has 0 amide bonds. The SMILES string of the molecule is CCOCCCNC(=S)N/N=C\c1ccc(OC)c(OC)c1. The van der Waals surface area contributed by atoms with Crippen LogP contribution in [0.15, 0.2) is 23.3 Å². The van der Waals surface area contributed by atoms with Crippen molar-refractivity contribution in [1.29, 1.82) is 0 Å². The molecule has 0 saturated heterocycles. The van der Waals surface area contributed by atoms with Gasteiger partial charge in [0, 0.05) is 19.8 Å². The molecular formula is C15H23N3O3S. The van der Waals surface area contributed by atoms with E-state index >= 15 is 0 Å². The van der Waals surface area contributed by atoms with E-state index in [9.17, 15) is 0 Å². The number of ether oxygens (including phenoxy) is 3. The third-order valence-electron chi connectivity index (χ3n) is 2.74. The number of hydrogen-bond acceptors (Lipinski definition) is 5. The Balaban J connectivity index is 2.37. The van der Waals surface area contributed by atoms with Crippen LogP contribution < -0.4 is 20.2 Å². The first-order chi connectivity index (χ1) is 10.7. The molecule has 0 unspecified atom stereocenters. The van der Waals surface area contributed by atoms with Gasteiger partial charge in [0.1, 0.15) is 0 Å². The van der Waals surface area contributed by atoms with Crippen molar-refractivity contribution >= 4 is 23.5 Å². The minimum atomic E-state index is 0.480. The van der Waals surface area contributed by atoms with E-state index in [2.05, 4.69) is 15.8 Å². The molecule has 1 aromatic carbocycles. The lowest BCUT2D eigenvalue weighted by atomic mass is 10.2. The van der Waals surface area contributed by atoms with Crippen LogP contribution in [0.25, 0.3) is 0 Å². The number of methoxy groups -OCH3 is 2. The Hall–Kier alpha value is -1.86. The quantitative estimate of drug-likeness (QED) is 0.313. The molecule has 22 heavy (non-hydrogen) atoms. The monoisotopic (exact) mass is 325 g/mol. The predicted octanol–water partition coefficient (Wildman–Crippen LogP) is 1.93. The number of nitrogens with zero attached hydrogens (tertiary/aromatic N) is 1. The molecule has 1 rings (SSSR count). The molecule has 0 fully saturated rings. The number of rotatable bonds is 9. The summed E-state index contributed by atoms with van der Waals surface area (Å²) >= 11 is 5.11. The fourth-order valence-electron chi connectivity index (χ4n) is 1.66. The van der Waals surface area contributed by atoms with Crippen molar-refractivity contribution in [1.82, 2.24) is 10.7 Å². The molecule has 0 aliphatic carbocycles. The van der Waals surface area contributed by atoms with E-state index in [1.54, 1.807) is 20.4 Å². The molecule has 0 radical (unpaired) electrons. The molecule has 0 aliphatic rings. The van der Waals surface area contributed by atoms with Gasteiger partial charge >= 0.3 is 0 Å². The van der Waals surface area contributed by atoms with Gasteiger partial charge in [-0.2, -0.15) is 5.10 Å². The van der Waals surface area contributed by atoms with Crippen LogP contribution in [0.4, 0.5) is 0 Å². The van der Waals surface area contributed by atoms with E-state index in [4.69, 9.17) is 26.4 Å². The minimum Gasteiger partial charge on any atom is -0.493 e. The van der Waals surface area contributed by atoms with Crippen LogP contribution in [0.3, 0.4) is 0 Å². The van der Waals surface area contributed by atoms with Gasteiger partial charge in [-0.15, -0.1) is 0 Å². The highest BCUT2D eigenvalue weighted by atomic mass is 32.1. The van der Waals surface area contributed by atoms with Crippen LogP contribution in [0.1, 0.15) is 18.9 Å². The molecule has 0 atom stereocenters. The highest BCUT2D eigenvalue weighted by molar-refractivity contribution is 7.80. The highest BCUT2D eigenvalue weighted by Crippen LogP contribution is 2.26. The summed E-state index contributed by atoms with van der Waals surface area (Å²) in [5.41, 5.74) is 3.64. The van der Waals surface area contributed by atoms with Gasteiger partial charge in [0.05, 0.1) is 20.4 Å². The van der Waals surface area contributed by atoms with Crippen LogP contribution in [0.2, 0.25) is 0 Å². The smallest absolute Gasteiger partial charge is 0.186 e. The van der Waals surface area contributed by atoms with Gasteiger partial charge in [-0.05, 0) is 49.3 Å². The average molecular weight is 325 g/mol. The zero-order chi connectivity index (χ0) is 16.2. The molecule has 0 spiro atoms. The Morgan fingerprint density at radius 1 is 1.27 bits per heavy atom. The zero-order valence-electron chi connectivity index (χ0n) is 13.2. The maximum absolute atomic E-state index is 5.24. The lowest BCUT2D eigenvalue weighted by Crippen LogP contribution is -2.33. The number of hydrogen-bond donors (Lipinski definition) is 2. The third kappa shape index (κ3) is 6.73. The van der Waals surface area contributed by atoms with E-state index in [0.29, 0.717) is 16.6 Å². The molecule has 0 aromatic heterocycles. The van der Waals surface area contributed by atoms with Crippen LogP contribution >= 0.6 is 12.2 Å². The Morgan fingerprint density at radius 2 is 2.05 bits per heavy atom. The van der Waals surface area contributed by atoms with Crippen molar-refractivity contribution in [2.45, 2.75) is 13.3 Å². The lowest BCUT2D eigenvalue weighted by molar-refractivity contribution is 0.145. The maximum Gasteiger partial charge on any atom is 0.186 e. The van der Waals surface area contributed by atoms with Crippen LogP contribution in [-0.4, -0.2) is 45.3 Å². The van der Waals surface area contributed by atoms with Crippen LogP contribution in [0, 0.1) is 0 Å². The second-order valence-electron chi connectivity index (χ2n) is 4.29. The number of benzene rings is 1. The first-order valence-electron chi connectivity index (χ1n) is 7.08. The summed E-state index contributed by atoms with van der Waals surface area (Å²) in [5.74, 6) is 1.34. The van der Waals surface area contributed by atoms with Crippen LogP contribution in [-0.2, 0) is 4.74 Å². The first-order valence-corrected chi connectivity index (χ1v) is 7.48. The fraction of sp³-hybridized carbons (Fsp3) is 0.467. The summed E-state index contributed by atoms with van der Waals surface area (Å²) in [4.78, 5) is 0. The lowest BCUT2D eigenvalue weighted by Gasteiger charge is -2.08. The topological polar surface area (TPSA) is 64.1 Å². The molecule has 0 saturated carbocycles. The zero-order valence-corrected chi connectivity index (χ0v) is 14.0. The molecule has 0 aliphatic heterocycles. The maximum atomic E-state index is 5.24. The Morgan fingerprint density at radius 3 is 2.73 bits per heavy atom. The summed E-state index contributed by atoms with van der Waals surface area (Å²) in [6, 6.07) is 5.54. The first kappa shape index (κ1) is 18.2. The fourth-order valence-corrected chi connectivity index (χ4v) is 1.81. The van der Waals surface area contributed by atoms with Crippen molar-refractivity contribution in [3.8, 4) is 11.5 Å². The van der Waals surface area contributed by atoms with Crippen molar-refractivity contribution in [3.05, 3.63) is 23.8 Å². The average Bonchev–Trinajstić information content (AvgIpc) is 2.54. The molecular weight excluding hydrogens is 302 g/mol. The number of thiocarbonyl (C=S) groups is 1. The van der Waals surface area contributed by atoms with Gasteiger partial charge in [0.15, 0.2) is 16.6 Å². The minimum absolute atomic E-state index is 0.480. The van der Waals surface area contributed by atoms with E-state index in [0.717, 1.165) is 31.7 Å². The summed E-state index contributed by atoms with van der Waals surface area (Å²) in [6.07, 6.45) is 2.56. The van der Waals surface area contributed by atoms with Gasteiger partial charge < -0.3 is 19.5 Å². The molecule has 7 heteroatoms. The standard InChI is InChI=1S/C15H23N3O3S/c1-4-21-9-5-8-16-15(22)18-17-11-12-6-7-13(19-2)14(10-12)20-3/h6-7,10-11H,4-5,8-9H2,1-3H3,(H2,16,18,22)/b17-11-. The number of hydrazone groups is 1. The van der Waals surface area contributed by atoms with E-state index < -0.39 is 0 Å². The molecule has 0 bridgehead atoms. The van der Waals surface area contributed by atoms with Crippen LogP contribution in [0.5, 0.6) is 11.5 Å². The second-order valence-corrected chi connectivity index (χ2v) is 4.70. The Labute approximate surface area is 136 Å². The van der Waals surface area contributed by atoms with E-state index in [1.165, 1.54) is 0 Å². The Kier molecular flexibility index (Phi) is 8.94. The Bertz CT molecular complexity index is 495. The molecule has 122 valence electrons. The van der Waals surface area contributed by atoms with E-state index in [-0.39, 0.29) is 0 Å². The molecule has 6 nitrogen and oxygen atoms in total. The predicted molar refractivity (Wildman–Crippen MR) is 92.0 cm³/mol. The second kappa shape index (κ2) is 10.8. The largest absolute Gasteiger partial charge is 0.493 e. The molecule has 1 aromatic rings. The number of nitrogens with one attached hydrogen (secondary N) is 2. The van der Waals surface area contributed by atoms with Crippen molar-refractivity contribution in [3.63, 3.8) is 0 Å². The normalized spacial score (nSPS) is 10.5. The van der Waals surface area contributed by atoms with Gasteiger partial charge in [-0.25, -0.2) is 0 Å². The highest BCUT2D eigenvalue weighted by Gasteiger charge is 2.02. The summed E-state index contributed by atoms with van der Waals surface area (Å²) in [5, 5.41) is 7.61. The van der Waals surface area contributed by atoms with Gasteiger partial charge in [0.25, 0.3) is 0 Å². The third-order valence-corrected chi connectivity index (χ3v) is 2.98.